The number of carbonyl (C=O) groups is 1. The molecular formula is C28H32FN3O3S2. The number of halogens is 1. The third-order valence-electron chi connectivity index (χ3n) is 5.65. The predicted molar refractivity (Wildman–Crippen MR) is 152 cm³/mol. The largest absolute Gasteiger partial charge is 0.494 e. The van der Waals surface area contributed by atoms with Gasteiger partial charge in [0.25, 0.3) is 0 Å². The lowest BCUT2D eigenvalue weighted by atomic mass is 10.0. The van der Waals surface area contributed by atoms with Crippen LogP contribution in [-0.4, -0.2) is 29.0 Å². The van der Waals surface area contributed by atoms with E-state index >= 15 is 0 Å². The summed E-state index contributed by atoms with van der Waals surface area (Å²) in [6, 6.07) is 8.71. The van der Waals surface area contributed by atoms with Crippen LogP contribution in [0.3, 0.4) is 0 Å². The summed E-state index contributed by atoms with van der Waals surface area (Å²) in [5.41, 5.74) is 3.00. The Morgan fingerprint density at radius 2 is 2.05 bits per heavy atom. The average Bonchev–Trinajstić information content (AvgIpc) is 3.52. The molecule has 0 aliphatic heterocycles. The van der Waals surface area contributed by atoms with Crippen molar-refractivity contribution in [1.29, 1.82) is 0 Å². The van der Waals surface area contributed by atoms with Crippen LogP contribution in [0.5, 0.6) is 5.75 Å². The lowest BCUT2D eigenvalue weighted by Gasteiger charge is -2.11. The van der Waals surface area contributed by atoms with E-state index in [1.165, 1.54) is 24.5 Å². The number of aromatic nitrogens is 1. The quantitative estimate of drug-likeness (QED) is 0.155. The summed E-state index contributed by atoms with van der Waals surface area (Å²) in [5, 5.41) is 15.7. The number of carboxylic acid groups (broad SMARTS) is 1. The fourth-order valence-corrected chi connectivity index (χ4v) is 5.50. The molecule has 1 aromatic carbocycles. The van der Waals surface area contributed by atoms with Crippen molar-refractivity contribution in [1.82, 2.24) is 4.98 Å². The maximum atomic E-state index is 14.5. The zero-order chi connectivity index (χ0) is 27.1. The third kappa shape index (κ3) is 7.14. The van der Waals surface area contributed by atoms with E-state index in [1.54, 1.807) is 36.6 Å². The number of aliphatic carboxylic acids is 1. The molecule has 6 nitrogen and oxygen atoms in total. The number of hydrogen-bond donors (Lipinski definition) is 2. The molecule has 0 bridgehead atoms. The molecule has 0 saturated heterocycles. The number of thiophene rings is 1. The van der Waals surface area contributed by atoms with Crippen LogP contribution in [0.1, 0.15) is 50.8 Å². The molecule has 37 heavy (non-hydrogen) atoms. The second-order valence-corrected chi connectivity index (χ2v) is 11.0. The van der Waals surface area contributed by atoms with Crippen LogP contribution >= 0.6 is 22.7 Å². The number of rotatable bonds is 10. The molecule has 0 fully saturated rings. The molecule has 9 heteroatoms. The first kappa shape index (κ1) is 28.3. The molecule has 3 rings (SSSR count). The highest BCUT2D eigenvalue weighted by Gasteiger charge is 2.22. The van der Waals surface area contributed by atoms with Gasteiger partial charge in [0, 0.05) is 21.5 Å². The minimum atomic E-state index is -1.07. The normalized spacial score (nSPS) is 13.1. The molecule has 0 saturated carbocycles. The van der Waals surface area contributed by atoms with Crippen LogP contribution in [0.25, 0.3) is 16.8 Å². The summed E-state index contributed by atoms with van der Waals surface area (Å²) in [5.74, 6) is -0.818. The van der Waals surface area contributed by atoms with Crippen molar-refractivity contribution in [3.05, 3.63) is 68.6 Å². The fraction of sp³-hybridized carbons (Fsp3) is 0.321. The van der Waals surface area contributed by atoms with E-state index < -0.39 is 11.8 Å². The summed E-state index contributed by atoms with van der Waals surface area (Å²) in [7, 11) is 1.43. The van der Waals surface area contributed by atoms with E-state index in [-0.39, 0.29) is 17.2 Å². The van der Waals surface area contributed by atoms with E-state index in [2.05, 4.69) is 24.2 Å². The molecule has 2 aromatic heterocycles. The van der Waals surface area contributed by atoms with Crippen molar-refractivity contribution < 1.29 is 19.0 Å². The molecule has 0 atom stereocenters. The van der Waals surface area contributed by atoms with E-state index in [0.29, 0.717) is 34.3 Å². The van der Waals surface area contributed by atoms with Crippen molar-refractivity contribution in [2.45, 2.75) is 47.5 Å². The Hall–Kier alpha value is -3.30. The number of methoxy groups -OCH3 is 1. The molecule has 2 heterocycles. The second-order valence-electron chi connectivity index (χ2n) is 8.94. The highest BCUT2D eigenvalue weighted by molar-refractivity contribution is 7.16. The van der Waals surface area contributed by atoms with Crippen molar-refractivity contribution in [3.63, 3.8) is 0 Å². The molecule has 196 valence electrons. The van der Waals surface area contributed by atoms with Gasteiger partial charge in [0.1, 0.15) is 11.4 Å². The number of hydrogen-bond acceptors (Lipinski definition) is 6. The van der Waals surface area contributed by atoms with Gasteiger partial charge < -0.3 is 15.2 Å². The zero-order valence-corrected chi connectivity index (χ0v) is 23.5. The molecule has 0 unspecified atom stereocenters. The maximum absolute atomic E-state index is 14.5. The van der Waals surface area contributed by atoms with Crippen LogP contribution in [0, 0.1) is 11.7 Å². The van der Waals surface area contributed by atoms with Gasteiger partial charge in [0.2, 0.25) is 0 Å². The first-order valence-corrected chi connectivity index (χ1v) is 13.7. The number of benzene rings is 1. The summed E-state index contributed by atoms with van der Waals surface area (Å²) in [6.07, 6.45) is 2.97. The summed E-state index contributed by atoms with van der Waals surface area (Å²) in [4.78, 5) is 23.6. The molecule has 0 aliphatic carbocycles. The van der Waals surface area contributed by atoms with Gasteiger partial charge in [-0.25, -0.2) is 19.2 Å². The number of aliphatic imine (C=N–C) groups is 1. The molecule has 0 radical (unpaired) electrons. The maximum Gasteiger partial charge on any atom is 0.339 e. The molecule has 0 spiro atoms. The van der Waals surface area contributed by atoms with E-state index in [4.69, 9.17) is 9.72 Å². The smallest absolute Gasteiger partial charge is 0.339 e. The van der Waals surface area contributed by atoms with Crippen LogP contribution < -0.4 is 10.1 Å². The number of allylic oxidation sites excluding steroid dienone is 2. The molecule has 0 aliphatic rings. The average molecular weight is 542 g/mol. The monoisotopic (exact) mass is 541 g/mol. The second kappa shape index (κ2) is 12.8. The van der Waals surface area contributed by atoms with Crippen molar-refractivity contribution >= 4 is 45.2 Å². The highest BCUT2D eigenvalue weighted by atomic mass is 32.1. The number of anilines is 1. The Labute approximate surface area is 225 Å². The number of nitrogens with zero attached hydrogens (tertiary/aromatic N) is 2. The van der Waals surface area contributed by atoms with Gasteiger partial charge in [0.05, 0.1) is 12.8 Å². The van der Waals surface area contributed by atoms with Crippen molar-refractivity contribution in [2.75, 3.05) is 12.4 Å². The van der Waals surface area contributed by atoms with E-state index in [1.807, 2.05) is 31.4 Å². The summed E-state index contributed by atoms with van der Waals surface area (Å²) >= 11 is 3.00. The number of thiazole rings is 1. The Morgan fingerprint density at radius 1 is 1.30 bits per heavy atom. The standard InChI is InChI=1S/C28H32FN3O3S2/c1-7-17(4)24(27(33)34)26(30-15-18(5)22-9-8-12-36-22)32-28-31-25(23(37-28)13-16(2)3)19-10-11-21(35-6)20(29)14-19/h8-12,14-16H,7,13H2,1-6H3,(H,33,34)(H,30,31,32)/b18-15+,24-17?. The lowest BCUT2D eigenvalue weighted by molar-refractivity contribution is -0.132. The molecule has 3 aromatic rings. The number of nitrogens with one attached hydrogen (secondary N) is 1. The van der Waals surface area contributed by atoms with Crippen LogP contribution in [0.2, 0.25) is 0 Å². The number of ether oxygens (including phenoxy) is 1. The van der Waals surface area contributed by atoms with Gasteiger partial charge in [-0.05, 0) is 67.8 Å². The Kier molecular flexibility index (Phi) is 9.77. The minimum absolute atomic E-state index is 0.107. The van der Waals surface area contributed by atoms with Gasteiger partial charge in [-0.15, -0.1) is 22.7 Å². The van der Waals surface area contributed by atoms with E-state index in [9.17, 15) is 14.3 Å². The van der Waals surface area contributed by atoms with Crippen molar-refractivity contribution in [3.8, 4) is 17.0 Å². The van der Waals surface area contributed by atoms with Crippen LogP contribution in [0.4, 0.5) is 9.52 Å². The molecular weight excluding hydrogens is 509 g/mol. The van der Waals surface area contributed by atoms with Gasteiger partial charge in [-0.2, -0.15) is 0 Å². The van der Waals surface area contributed by atoms with Gasteiger partial charge >= 0.3 is 5.97 Å². The Morgan fingerprint density at radius 3 is 2.62 bits per heavy atom. The fourth-order valence-electron chi connectivity index (χ4n) is 3.60. The topological polar surface area (TPSA) is 83.8 Å². The van der Waals surface area contributed by atoms with Gasteiger partial charge in [-0.3, -0.25) is 0 Å². The Balaban J connectivity index is 2.10. The first-order valence-electron chi connectivity index (χ1n) is 12.0. The number of carboxylic acids is 1. The SMILES string of the molecule is CCC(C)=C(C(=O)O)C(=N/C=C(\C)c1cccs1)Nc1nc(-c2ccc(OC)c(F)c2)c(CC(C)C)s1. The van der Waals surface area contributed by atoms with E-state index in [0.717, 1.165) is 21.7 Å². The zero-order valence-electron chi connectivity index (χ0n) is 21.9. The first-order chi connectivity index (χ1) is 17.6. The predicted octanol–water partition coefficient (Wildman–Crippen LogP) is 7.90. The van der Waals surface area contributed by atoms with Gasteiger partial charge in [-0.1, -0.05) is 32.4 Å². The third-order valence-corrected chi connectivity index (χ3v) is 7.64. The highest BCUT2D eigenvalue weighted by Crippen LogP contribution is 2.35. The Bertz CT molecular complexity index is 1340. The molecule has 2 N–H and O–H groups in total. The van der Waals surface area contributed by atoms with Crippen LogP contribution in [-0.2, 0) is 11.2 Å². The van der Waals surface area contributed by atoms with Crippen LogP contribution in [0.15, 0.2) is 58.1 Å². The number of amidine groups is 1. The molecule has 0 amide bonds. The lowest BCUT2D eigenvalue weighted by Crippen LogP contribution is -2.22. The van der Waals surface area contributed by atoms with Gasteiger partial charge in [0.15, 0.2) is 16.7 Å². The minimum Gasteiger partial charge on any atom is -0.494 e. The summed E-state index contributed by atoms with van der Waals surface area (Å²) < 4.78 is 19.6. The summed E-state index contributed by atoms with van der Waals surface area (Å²) in [6.45, 7) is 9.83. The van der Waals surface area contributed by atoms with Crippen molar-refractivity contribution in [2.24, 2.45) is 10.9 Å².